The predicted molar refractivity (Wildman–Crippen MR) is 97.9 cm³/mol. The Morgan fingerprint density at radius 2 is 2.00 bits per heavy atom. The van der Waals surface area contributed by atoms with Gasteiger partial charge in [0.15, 0.2) is 0 Å². The number of carbonyl (C=O) groups is 1. The largest absolute Gasteiger partial charge is 0.465 e. The summed E-state index contributed by atoms with van der Waals surface area (Å²) in [6, 6.07) is 7.77. The van der Waals surface area contributed by atoms with Crippen molar-refractivity contribution in [3.05, 3.63) is 53.5 Å². The van der Waals surface area contributed by atoms with Crippen LogP contribution in [0.25, 0.3) is 6.08 Å². The van der Waals surface area contributed by atoms with E-state index in [1.807, 2.05) is 0 Å². The van der Waals surface area contributed by atoms with E-state index >= 15 is 0 Å². The maximum absolute atomic E-state index is 12.6. The lowest BCUT2D eigenvalue weighted by molar-refractivity contribution is -0.111. The smallest absolute Gasteiger partial charge is 0.248 e. The third-order valence-corrected chi connectivity index (χ3v) is 6.00. The Bertz CT molecular complexity index is 857. The Kier molecular flexibility index (Phi) is 6.41. The van der Waals surface area contributed by atoms with Crippen molar-refractivity contribution in [3.63, 3.8) is 0 Å². The second kappa shape index (κ2) is 8.33. The highest BCUT2D eigenvalue weighted by Gasteiger charge is 2.24. The molecule has 0 aliphatic heterocycles. The summed E-state index contributed by atoms with van der Waals surface area (Å²) in [6.45, 7) is 4.16. The molecule has 0 fully saturated rings. The summed E-state index contributed by atoms with van der Waals surface area (Å²) in [5.74, 6) is 0.126. The fourth-order valence-electron chi connectivity index (χ4n) is 2.21. The molecule has 0 spiro atoms. The van der Waals surface area contributed by atoms with Gasteiger partial charge in [-0.25, -0.2) is 8.42 Å². The molecule has 0 radical (unpaired) electrons. The molecule has 1 amide bonds. The number of amides is 1. The van der Waals surface area contributed by atoms with Crippen LogP contribution in [0.2, 0.25) is 5.02 Å². The summed E-state index contributed by atoms with van der Waals surface area (Å²) in [5, 5.41) is 2.72. The number of nitrogens with one attached hydrogen (secondary N) is 1. The molecule has 1 heterocycles. The number of nitrogens with zero attached hydrogens (tertiary/aromatic N) is 1. The van der Waals surface area contributed by atoms with E-state index in [-0.39, 0.29) is 9.92 Å². The van der Waals surface area contributed by atoms with Crippen LogP contribution in [-0.2, 0) is 14.8 Å². The van der Waals surface area contributed by atoms with E-state index in [1.54, 1.807) is 32.0 Å². The minimum absolute atomic E-state index is 0.0364. The van der Waals surface area contributed by atoms with Crippen molar-refractivity contribution in [1.29, 1.82) is 0 Å². The van der Waals surface area contributed by atoms with E-state index in [4.69, 9.17) is 16.0 Å². The number of carbonyl (C=O) groups excluding carboxylic acids is 1. The third-order valence-electron chi connectivity index (χ3n) is 3.46. The van der Waals surface area contributed by atoms with Crippen molar-refractivity contribution >= 4 is 39.3 Å². The molecule has 0 bridgehead atoms. The predicted octanol–water partition coefficient (Wildman–Crippen LogP) is 3.62. The summed E-state index contributed by atoms with van der Waals surface area (Å²) >= 11 is 6.06. The number of hydrogen-bond donors (Lipinski definition) is 1. The lowest BCUT2D eigenvalue weighted by Crippen LogP contribution is -2.30. The van der Waals surface area contributed by atoms with Crippen LogP contribution in [-0.4, -0.2) is 31.7 Å². The molecule has 0 aliphatic rings. The minimum Gasteiger partial charge on any atom is -0.465 e. The van der Waals surface area contributed by atoms with Gasteiger partial charge in [0.1, 0.15) is 10.7 Å². The zero-order chi connectivity index (χ0) is 18.4. The Balaban J connectivity index is 2.22. The van der Waals surface area contributed by atoms with Crippen LogP contribution >= 0.6 is 11.6 Å². The van der Waals surface area contributed by atoms with E-state index in [9.17, 15) is 13.2 Å². The minimum atomic E-state index is -3.72. The zero-order valence-electron chi connectivity index (χ0n) is 13.9. The summed E-state index contributed by atoms with van der Waals surface area (Å²) in [6.07, 6.45) is 4.31. The van der Waals surface area contributed by atoms with Gasteiger partial charge in [0.05, 0.1) is 11.3 Å². The van der Waals surface area contributed by atoms with Gasteiger partial charge in [-0.3, -0.25) is 4.79 Å². The molecule has 0 unspecified atom stereocenters. The van der Waals surface area contributed by atoms with Crippen LogP contribution < -0.4 is 5.32 Å². The maximum atomic E-state index is 12.6. The van der Waals surface area contributed by atoms with Crippen molar-refractivity contribution in [3.8, 4) is 0 Å². The van der Waals surface area contributed by atoms with Crippen molar-refractivity contribution < 1.29 is 17.6 Å². The number of furan rings is 1. The molecule has 134 valence electrons. The van der Waals surface area contributed by atoms with Gasteiger partial charge in [-0.05, 0) is 36.4 Å². The molecule has 1 aromatic carbocycles. The molecule has 0 saturated carbocycles. The molecule has 6 nitrogen and oxygen atoms in total. The van der Waals surface area contributed by atoms with Crippen molar-refractivity contribution in [1.82, 2.24) is 4.31 Å². The number of anilines is 1. The van der Waals surface area contributed by atoms with Crippen LogP contribution in [0.15, 0.2) is 52.0 Å². The maximum Gasteiger partial charge on any atom is 0.248 e. The van der Waals surface area contributed by atoms with E-state index < -0.39 is 15.9 Å². The first-order valence-corrected chi connectivity index (χ1v) is 9.52. The van der Waals surface area contributed by atoms with Gasteiger partial charge in [-0.15, -0.1) is 0 Å². The number of hydrogen-bond acceptors (Lipinski definition) is 4. The molecule has 2 rings (SSSR count). The van der Waals surface area contributed by atoms with Gasteiger partial charge in [0, 0.05) is 24.9 Å². The van der Waals surface area contributed by atoms with Gasteiger partial charge >= 0.3 is 0 Å². The van der Waals surface area contributed by atoms with E-state index in [2.05, 4.69) is 5.32 Å². The topological polar surface area (TPSA) is 79.6 Å². The lowest BCUT2D eigenvalue weighted by Gasteiger charge is -2.19. The first-order chi connectivity index (χ1) is 11.9. The first kappa shape index (κ1) is 19.2. The average Bonchev–Trinajstić information content (AvgIpc) is 3.09. The average molecular weight is 383 g/mol. The van der Waals surface area contributed by atoms with Crippen LogP contribution in [0.5, 0.6) is 0 Å². The molecule has 2 aromatic rings. The number of benzene rings is 1. The molecule has 1 aromatic heterocycles. The Labute approximate surface area is 152 Å². The Morgan fingerprint density at radius 1 is 1.28 bits per heavy atom. The molecular weight excluding hydrogens is 364 g/mol. The quantitative estimate of drug-likeness (QED) is 0.742. The highest BCUT2D eigenvalue weighted by molar-refractivity contribution is 7.89. The second-order valence-electron chi connectivity index (χ2n) is 5.07. The molecule has 0 saturated heterocycles. The molecule has 25 heavy (non-hydrogen) atoms. The molecule has 0 atom stereocenters. The third kappa shape index (κ3) is 4.72. The van der Waals surface area contributed by atoms with Gasteiger partial charge in [0.25, 0.3) is 0 Å². The SMILES string of the molecule is CCN(CC)S(=O)(=O)c1cc(NC(=O)C=Cc2ccco2)ccc1Cl. The fraction of sp³-hybridized carbons (Fsp3) is 0.235. The lowest BCUT2D eigenvalue weighted by atomic mass is 10.3. The van der Waals surface area contributed by atoms with Gasteiger partial charge < -0.3 is 9.73 Å². The number of halogens is 1. The standard InChI is InChI=1S/C17H19ClN2O4S/c1-3-20(4-2)25(22,23)16-12-13(7-9-15(16)18)19-17(21)10-8-14-6-5-11-24-14/h5-12H,3-4H2,1-2H3,(H,19,21). The Hall–Kier alpha value is -2.09. The van der Waals surface area contributed by atoms with Gasteiger partial charge in [0.2, 0.25) is 15.9 Å². The fourth-order valence-corrected chi connectivity index (χ4v) is 4.17. The molecular formula is C17H19ClN2O4S. The van der Waals surface area contributed by atoms with Gasteiger partial charge in [-0.2, -0.15) is 4.31 Å². The molecule has 0 aliphatic carbocycles. The van der Waals surface area contributed by atoms with Crippen LogP contribution in [0, 0.1) is 0 Å². The Morgan fingerprint density at radius 3 is 2.60 bits per heavy atom. The van der Waals surface area contributed by atoms with E-state index in [0.29, 0.717) is 24.5 Å². The van der Waals surface area contributed by atoms with Crippen molar-refractivity contribution in [2.75, 3.05) is 18.4 Å². The second-order valence-corrected chi connectivity index (χ2v) is 7.39. The highest BCUT2D eigenvalue weighted by atomic mass is 35.5. The monoisotopic (exact) mass is 382 g/mol. The van der Waals surface area contributed by atoms with Gasteiger partial charge in [-0.1, -0.05) is 25.4 Å². The number of sulfonamides is 1. The van der Waals surface area contributed by atoms with Crippen molar-refractivity contribution in [2.24, 2.45) is 0 Å². The van der Waals surface area contributed by atoms with Crippen LogP contribution in [0.1, 0.15) is 19.6 Å². The summed E-state index contributed by atoms with van der Waals surface area (Å²) in [5.41, 5.74) is 0.337. The zero-order valence-corrected chi connectivity index (χ0v) is 15.5. The van der Waals surface area contributed by atoms with Crippen LogP contribution in [0.3, 0.4) is 0 Å². The first-order valence-electron chi connectivity index (χ1n) is 7.70. The number of rotatable bonds is 7. The van der Waals surface area contributed by atoms with E-state index in [1.165, 1.54) is 34.9 Å². The van der Waals surface area contributed by atoms with Crippen LogP contribution in [0.4, 0.5) is 5.69 Å². The summed E-state index contributed by atoms with van der Waals surface area (Å²) < 4.78 is 31.7. The molecule has 1 N–H and O–H groups in total. The molecule has 8 heteroatoms. The normalized spacial score (nSPS) is 12.0. The summed E-state index contributed by atoms with van der Waals surface area (Å²) in [7, 11) is -3.72. The van der Waals surface area contributed by atoms with E-state index in [0.717, 1.165) is 0 Å². The summed E-state index contributed by atoms with van der Waals surface area (Å²) in [4.78, 5) is 11.9. The van der Waals surface area contributed by atoms with Crippen molar-refractivity contribution in [2.45, 2.75) is 18.7 Å². The highest BCUT2D eigenvalue weighted by Crippen LogP contribution is 2.27.